The van der Waals surface area contributed by atoms with Crippen LogP contribution >= 0.6 is 0 Å². The summed E-state index contributed by atoms with van der Waals surface area (Å²) in [6.07, 6.45) is 4.98. The number of nitrogens with zero attached hydrogens (tertiary/aromatic N) is 2. The number of nitrogens with one attached hydrogen (secondary N) is 2. The molecule has 1 heterocycles. The van der Waals surface area contributed by atoms with Crippen molar-refractivity contribution in [1.82, 2.24) is 9.97 Å². The first-order valence-corrected chi connectivity index (χ1v) is 9.57. The molecule has 0 unspecified atom stereocenters. The fraction of sp³-hybridized carbons (Fsp3) is 0.312. The maximum absolute atomic E-state index is 12.3. The van der Waals surface area contributed by atoms with Crippen LogP contribution in [-0.4, -0.2) is 36.9 Å². The van der Waals surface area contributed by atoms with Crippen molar-refractivity contribution < 1.29 is 13.2 Å². The lowest BCUT2D eigenvalue weighted by Crippen LogP contribution is -2.35. The van der Waals surface area contributed by atoms with Crippen LogP contribution in [0.15, 0.2) is 47.6 Å². The van der Waals surface area contributed by atoms with E-state index in [0.717, 1.165) is 12.8 Å². The number of hydrogen-bond acceptors (Lipinski definition) is 7. The van der Waals surface area contributed by atoms with Crippen LogP contribution in [-0.2, 0) is 14.8 Å². The molecule has 0 aliphatic rings. The average Bonchev–Trinajstić information content (AvgIpc) is 2.62. The Morgan fingerprint density at radius 1 is 1.12 bits per heavy atom. The third-order valence-electron chi connectivity index (χ3n) is 3.53. The van der Waals surface area contributed by atoms with E-state index in [0.29, 0.717) is 18.7 Å². The Kier molecular flexibility index (Phi) is 7.01. The van der Waals surface area contributed by atoms with E-state index in [1.165, 1.54) is 36.7 Å². The summed E-state index contributed by atoms with van der Waals surface area (Å²) in [4.78, 5) is 19.7. The smallest absolute Gasteiger partial charge is 0.264 e. The SMILES string of the molecule is NCCCC[C@H](N)C(=O)Nc1ccc(S(=O)(=O)Nc2ncccn2)cc1. The highest BCUT2D eigenvalue weighted by Gasteiger charge is 2.17. The van der Waals surface area contributed by atoms with Gasteiger partial charge in [-0.1, -0.05) is 6.42 Å². The minimum absolute atomic E-state index is 0.0201. The van der Waals surface area contributed by atoms with Gasteiger partial charge in [0.15, 0.2) is 0 Å². The van der Waals surface area contributed by atoms with Crippen LogP contribution in [0.25, 0.3) is 0 Å². The van der Waals surface area contributed by atoms with Crippen molar-refractivity contribution in [2.24, 2.45) is 11.5 Å². The lowest BCUT2D eigenvalue weighted by atomic mass is 10.1. The summed E-state index contributed by atoms with van der Waals surface area (Å²) in [5, 5.41) is 2.66. The third kappa shape index (κ3) is 5.76. The summed E-state index contributed by atoms with van der Waals surface area (Å²) in [6, 6.07) is 6.68. The molecule has 140 valence electrons. The number of aromatic nitrogens is 2. The molecule has 0 saturated carbocycles. The molecule has 2 rings (SSSR count). The van der Waals surface area contributed by atoms with Gasteiger partial charge in [-0.05, 0) is 49.7 Å². The lowest BCUT2D eigenvalue weighted by Gasteiger charge is -2.12. The second-order valence-corrected chi connectivity index (χ2v) is 7.26. The minimum Gasteiger partial charge on any atom is -0.330 e. The molecule has 1 amide bonds. The van der Waals surface area contributed by atoms with E-state index in [9.17, 15) is 13.2 Å². The second kappa shape index (κ2) is 9.22. The van der Waals surface area contributed by atoms with Gasteiger partial charge in [0.2, 0.25) is 11.9 Å². The Bertz CT molecular complexity index is 812. The number of unbranched alkanes of at least 4 members (excludes halogenated alkanes) is 1. The van der Waals surface area contributed by atoms with E-state index < -0.39 is 16.1 Å². The van der Waals surface area contributed by atoms with E-state index in [2.05, 4.69) is 20.0 Å². The van der Waals surface area contributed by atoms with Gasteiger partial charge in [-0.25, -0.2) is 23.1 Å². The van der Waals surface area contributed by atoms with E-state index in [1.54, 1.807) is 6.07 Å². The summed E-state index contributed by atoms with van der Waals surface area (Å²) in [5.41, 5.74) is 11.7. The van der Waals surface area contributed by atoms with Crippen LogP contribution in [0.3, 0.4) is 0 Å². The number of anilines is 2. The molecule has 0 bridgehead atoms. The highest BCUT2D eigenvalue weighted by molar-refractivity contribution is 7.92. The molecule has 1 aromatic carbocycles. The zero-order valence-corrected chi connectivity index (χ0v) is 14.9. The van der Waals surface area contributed by atoms with Gasteiger partial charge in [-0.15, -0.1) is 0 Å². The normalized spacial score (nSPS) is 12.4. The van der Waals surface area contributed by atoms with Crippen LogP contribution < -0.4 is 21.5 Å². The van der Waals surface area contributed by atoms with Gasteiger partial charge >= 0.3 is 0 Å². The predicted octanol–water partition coefficient (Wildman–Crippen LogP) is 0.672. The quantitative estimate of drug-likeness (QED) is 0.468. The van der Waals surface area contributed by atoms with Gasteiger partial charge < -0.3 is 16.8 Å². The molecule has 0 aliphatic heterocycles. The summed E-state index contributed by atoms with van der Waals surface area (Å²) < 4.78 is 26.8. The van der Waals surface area contributed by atoms with Crippen molar-refractivity contribution in [1.29, 1.82) is 0 Å². The van der Waals surface area contributed by atoms with E-state index in [1.807, 2.05) is 0 Å². The summed E-state index contributed by atoms with van der Waals surface area (Å²) in [6.45, 7) is 0.562. The van der Waals surface area contributed by atoms with Gasteiger partial charge in [-0.2, -0.15) is 0 Å². The highest BCUT2D eigenvalue weighted by atomic mass is 32.2. The number of benzene rings is 1. The first-order valence-electron chi connectivity index (χ1n) is 8.09. The van der Waals surface area contributed by atoms with Crippen molar-refractivity contribution >= 4 is 27.6 Å². The topological polar surface area (TPSA) is 153 Å². The highest BCUT2D eigenvalue weighted by Crippen LogP contribution is 2.16. The largest absolute Gasteiger partial charge is 0.330 e. The number of carbonyl (C=O) groups excluding carboxylic acids is 1. The van der Waals surface area contributed by atoms with Crippen molar-refractivity contribution in [2.75, 3.05) is 16.6 Å². The van der Waals surface area contributed by atoms with Gasteiger partial charge in [0.1, 0.15) is 0 Å². The second-order valence-electron chi connectivity index (χ2n) is 5.58. The Hall–Kier alpha value is -2.56. The Labute approximate surface area is 152 Å². The summed E-state index contributed by atoms with van der Waals surface area (Å²) in [7, 11) is -3.81. The molecule has 1 aromatic heterocycles. The van der Waals surface area contributed by atoms with Crippen molar-refractivity contribution in [3.05, 3.63) is 42.7 Å². The molecule has 0 saturated heterocycles. The fourth-order valence-electron chi connectivity index (χ4n) is 2.12. The maximum atomic E-state index is 12.3. The lowest BCUT2D eigenvalue weighted by molar-refractivity contribution is -0.117. The molecule has 2 aromatic rings. The van der Waals surface area contributed by atoms with E-state index in [4.69, 9.17) is 11.5 Å². The molecule has 6 N–H and O–H groups in total. The van der Waals surface area contributed by atoms with Gasteiger partial charge in [-0.3, -0.25) is 4.79 Å². The molecule has 0 aliphatic carbocycles. The molecule has 26 heavy (non-hydrogen) atoms. The number of hydrogen-bond donors (Lipinski definition) is 4. The molecule has 0 radical (unpaired) electrons. The first-order chi connectivity index (χ1) is 12.4. The zero-order chi connectivity index (χ0) is 19.0. The minimum atomic E-state index is -3.81. The standard InChI is InChI=1S/C16H22N6O3S/c17-9-2-1-4-14(18)15(23)21-12-5-7-13(8-6-12)26(24,25)22-16-19-10-3-11-20-16/h3,5-8,10-11,14H,1-2,4,9,17-18H2,(H,21,23)(H,19,20,22)/t14-/m0/s1. The predicted molar refractivity (Wildman–Crippen MR) is 98.8 cm³/mol. The molecular formula is C16H22N6O3S. The third-order valence-corrected chi connectivity index (χ3v) is 4.87. The van der Waals surface area contributed by atoms with Crippen molar-refractivity contribution in [3.8, 4) is 0 Å². The van der Waals surface area contributed by atoms with E-state index in [-0.39, 0.29) is 16.8 Å². The molecule has 0 fully saturated rings. The summed E-state index contributed by atoms with van der Waals surface area (Å²) >= 11 is 0. The Morgan fingerprint density at radius 3 is 2.38 bits per heavy atom. The first kappa shape index (κ1) is 19.8. The molecule has 1 atom stereocenters. The van der Waals surface area contributed by atoms with Crippen LogP contribution in [0.1, 0.15) is 19.3 Å². The van der Waals surface area contributed by atoms with Crippen molar-refractivity contribution in [3.63, 3.8) is 0 Å². The molecule has 0 spiro atoms. The van der Waals surface area contributed by atoms with Gasteiger partial charge in [0, 0.05) is 18.1 Å². The number of sulfonamides is 1. The van der Waals surface area contributed by atoms with Crippen LogP contribution in [0, 0.1) is 0 Å². The molecule has 9 nitrogen and oxygen atoms in total. The maximum Gasteiger partial charge on any atom is 0.264 e. The number of amides is 1. The summed E-state index contributed by atoms with van der Waals surface area (Å²) in [5.74, 6) is -0.346. The Balaban J connectivity index is 1.98. The number of nitrogens with two attached hydrogens (primary N) is 2. The average molecular weight is 378 g/mol. The van der Waals surface area contributed by atoms with Crippen LogP contribution in [0.5, 0.6) is 0 Å². The Morgan fingerprint density at radius 2 is 1.77 bits per heavy atom. The fourth-order valence-corrected chi connectivity index (χ4v) is 3.08. The molecule has 10 heteroatoms. The number of carbonyl (C=O) groups is 1. The number of rotatable bonds is 9. The van der Waals surface area contributed by atoms with Crippen molar-refractivity contribution in [2.45, 2.75) is 30.2 Å². The van der Waals surface area contributed by atoms with E-state index >= 15 is 0 Å². The van der Waals surface area contributed by atoms with Crippen LogP contribution in [0.2, 0.25) is 0 Å². The zero-order valence-electron chi connectivity index (χ0n) is 14.1. The molecular weight excluding hydrogens is 356 g/mol. The monoisotopic (exact) mass is 378 g/mol. The van der Waals surface area contributed by atoms with Crippen LogP contribution in [0.4, 0.5) is 11.6 Å². The van der Waals surface area contributed by atoms with Gasteiger partial charge in [0.25, 0.3) is 10.0 Å². The van der Waals surface area contributed by atoms with Gasteiger partial charge in [0.05, 0.1) is 10.9 Å².